The van der Waals surface area contributed by atoms with E-state index in [0.717, 1.165) is 11.5 Å². The van der Waals surface area contributed by atoms with Crippen LogP contribution in [-0.2, 0) is 15.3 Å². The van der Waals surface area contributed by atoms with E-state index in [1.54, 1.807) is 42.8 Å². The van der Waals surface area contributed by atoms with E-state index in [-0.39, 0.29) is 11.2 Å². The van der Waals surface area contributed by atoms with Gasteiger partial charge < -0.3 is 14.4 Å². The van der Waals surface area contributed by atoms with Gasteiger partial charge >= 0.3 is 6.09 Å². The summed E-state index contributed by atoms with van der Waals surface area (Å²) in [7, 11) is 5.08. The average Bonchev–Trinajstić information content (AvgIpc) is 3.02. The van der Waals surface area contributed by atoms with Crippen molar-refractivity contribution in [3.63, 3.8) is 0 Å². The van der Waals surface area contributed by atoms with Crippen molar-refractivity contribution in [3.8, 4) is 5.75 Å². The number of likely N-dealkylation sites (tertiary alicyclic amines) is 1. The Morgan fingerprint density at radius 2 is 1.85 bits per heavy atom. The van der Waals surface area contributed by atoms with E-state index in [4.69, 9.17) is 9.47 Å². The van der Waals surface area contributed by atoms with Gasteiger partial charge in [-0.25, -0.2) is 4.79 Å². The summed E-state index contributed by atoms with van der Waals surface area (Å²) in [5.74, 6) is 1.59. The molecule has 0 spiro atoms. The Bertz CT molecular complexity index is 655. The number of likely N-dealkylation sites (N-methyl/N-ethyl adjacent to an activating group) is 1. The molecule has 7 heteroatoms. The van der Waals surface area contributed by atoms with E-state index < -0.39 is 17.7 Å². The molecule has 6 nitrogen and oxygen atoms in total. The van der Waals surface area contributed by atoms with Crippen molar-refractivity contribution in [3.05, 3.63) is 29.8 Å². The molecule has 1 aromatic rings. The zero-order chi connectivity index (χ0) is 20.2. The number of thioether (sulfide) groups is 1. The Labute approximate surface area is 166 Å². The van der Waals surface area contributed by atoms with Crippen molar-refractivity contribution in [2.75, 3.05) is 27.7 Å². The van der Waals surface area contributed by atoms with Crippen LogP contribution in [0.3, 0.4) is 0 Å². The monoisotopic (exact) mass is 394 g/mol. The lowest BCUT2D eigenvalue weighted by Crippen LogP contribution is -2.47. The SMILES string of the molecule is COc1ccc(CSC2CC(C(=O)N(C)C)N(C(=O)OC(C)(C)C)C2)cc1. The van der Waals surface area contributed by atoms with Crippen molar-refractivity contribution < 1.29 is 19.1 Å². The van der Waals surface area contributed by atoms with E-state index in [0.29, 0.717) is 13.0 Å². The maximum atomic E-state index is 12.6. The van der Waals surface area contributed by atoms with Crippen LogP contribution >= 0.6 is 11.8 Å². The molecular weight excluding hydrogens is 364 g/mol. The van der Waals surface area contributed by atoms with Crippen LogP contribution in [0.25, 0.3) is 0 Å². The minimum atomic E-state index is -0.586. The average molecular weight is 395 g/mol. The Kier molecular flexibility index (Phi) is 7.03. The van der Waals surface area contributed by atoms with Crippen molar-refractivity contribution in [2.45, 2.75) is 49.8 Å². The summed E-state index contributed by atoms with van der Waals surface area (Å²) in [5.41, 5.74) is 0.601. The topological polar surface area (TPSA) is 59.1 Å². The Morgan fingerprint density at radius 1 is 1.22 bits per heavy atom. The van der Waals surface area contributed by atoms with Gasteiger partial charge in [0, 0.05) is 31.6 Å². The second-order valence-corrected chi connectivity index (χ2v) is 9.19. The minimum absolute atomic E-state index is 0.0617. The lowest BCUT2D eigenvalue weighted by atomic mass is 10.2. The summed E-state index contributed by atoms with van der Waals surface area (Å²) in [4.78, 5) is 28.3. The van der Waals surface area contributed by atoms with Crippen LogP contribution in [0.15, 0.2) is 24.3 Å². The van der Waals surface area contributed by atoms with Gasteiger partial charge in [0.25, 0.3) is 0 Å². The third-order valence-corrected chi connectivity index (χ3v) is 5.57. The molecule has 0 radical (unpaired) electrons. The molecule has 1 fully saturated rings. The van der Waals surface area contributed by atoms with Crippen LogP contribution in [0.2, 0.25) is 0 Å². The molecule has 0 saturated carbocycles. The number of ether oxygens (including phenoxy) is 2. The molecule has 0 N–H and O–H groups in total. The van der Waals surface area contributed by atoms with Gasteiger partial charge in [-0.15, -0.1) is 0 Å². The molecule has 2 rings (SSSR count). The molecule has 1 aliphatic rings. The number of hydrogen-bond acceptors (Lipinski definition) is 5. The molecule has 1 heterocycles. The molecular formula is C20H30N2O4S. The highest BCUT2D eigenvalue weighted by Gasteiger charge is 2.42. The first-order valence-corrected chi connectivity index (χ1v) is 10.1. The summed E-state index contributed by atoms with van der Waals surface area (Å²) in [6.45, 7) is 6.01. The number of amides is 2. The van der Waals surface area contributed by atoms with Crippen molar-refractivity contribution in [2.24, 2.45) is 0 Å². The summed E-state index contributed by atoms with van der Waals surface area (Å²) >= 11 is 1.76. The number of benzene rings is 1. The molecule has 1 aliphatic heterocycles. The highest BCUT2D eigenvalue weighted by Crippen LogP contribution is 2.32. The molecule has 1 aromatic carbocycles. The molecule has 0 aliphatic carbocycles. The van der Waals surface area contributed by atoms with E-state index in [1.807, 2.05) is 45.0 Å². The van der Waals surface area contributed by atoms with Crippen LogP contribution in [0.1, 0.15) is 32.8 Å². The van der Waals surface area contributed by atoms with Gasteiger partial charge in [-0.05, 0) is 44.9 Å². The Balaban J connectivity index is 2.03. The molecule has 2 amide bonds. The lowest BCUT2D eigenvalue weighted by Gasteiger charge is -2.29. The van der Waals surface area contributed by atoms with Gasteiger partial charge in [-0.2, -0.15) is 11.8 Å². The standard InChI is InChI=1S/C20H30N2O4S/c1-20(2,3)26-19(24)22-12-16(11-17(22)18(23)21(4)5)27-13-14-7-9-15(25-6)10-8-14/h7-10,16-17H,11-13H2,1-6H3. The number of hydrogen-bond donors (Lipinski definition) is 0. The fourth-order valence-electron chi connectivity index (χ4n) is 2.91. The summed E-state index contributed by atoms with van der Waals surface area (Å²) in [6.07, 6.45) is 0.215. The normalized spacial score (nSPS) is 19.7. The van der Waals surface area contributed by atoms with Crippen molar-refractivity contribution in [1.82, 2.24) is 9.80 Å². The first kappa shape index (κ1) is 21.4. The summed E-state index contributed by atoms with van der Waals surface area (Å²) in [6, 6.07) is 7.48. The van der Waals surface area contributed by atoms with Crippen molar-refractivity contribution in [1.29, 1.82) is 0 Å². The fourth-order valence-corrected chi connectivity index (χ4v) is 4.11. The third-order valence-electron chi connectivity index (χ3n) is 4.26. The summed E-state index contributed by atoms with van der Waals surface area (Å²) in [5, 5.41) is 0.188. The second kappa shape index (κ2) is 8.87. The first-order chi connectivity index (χ1) is 12.6. The van der Waals surface area contributed by atoms with Crippen LogP contribution in [0.4, 0.5) is 4.79 Å². The van der Waals surface area contributed by atoms with Gasteiger partial charge in [0.1, 0.15) is 17.4 Å². The van der Waals surface area contributed by atoms with Crippen LogP contribution in [-0.4, -0.2) is 66.4 Å². The number of carbonyl (C=O) groups is 2. The molecule has 2 unspecified atom stereocenters. The molecule has 0 bridgehead atoms. The predicted octanol–water partition coefficient (Wildman–Crippen LogP) is 3.39. The van der Waals surface area contributed by atoms with Gasteiger partial charge in [-0.1, -0.05) is 12.1 Å². The van der Waals surface area contributed by atoms with E-state index in [9.17, 15) is 9.59 Å². The maximum absolute atomic E-state index is 12.6. The first-order valence-electron chi connectivity index (χ1n) is 9.06. The maximum Gasteiger partial charge on any atom is 0.411 e. The van der Waals surface area contributed by atoms with E-state index >= 15 is 0 Å². The summed E-state index contributed by atoms with van der Waals surface area (Å²) < 4.78 is 10.7. The van der Waals surface area contributed by atoms with Crippen LogP contribution in [0, 0.1) is 0 Å². The molecule has 0 aromatic heterocycles. The molecule has 2 atom stereocenters. The lowest BCUT2D eigenvalue weighted by molar-refractivity contribution is -0.133. The molecule has 27 heavy (non-hydrogen) atoms. The van der Waals surface area contributed by atoms with Crippen LogP contribution < -0.4 is 4.74 Å². The Hall–Kier alpha value is -1.89. The minimum Gasteiger partial charge on any atom is -0.497 e. The van der Waals surface area contributed by atoms with Crippen molar-refractivity contribution >= 4 is 23.8 Å². The zero-order valence-corrected chi connectivity index (χ0v) is 17.8. The molecule has 1 saturated heterocycles. The Morgan fingerprint density at radius 3 is 2.37 bits per heavy atom. The van der Waals surface area contributed by atoms with Gasteiger partial charge in [0.05, 0.1) is 7.11 Å². The molecule has 150 valence electrons. The highest BCUT2D eigenvalue weighted by atomic mass is 32.2. The number of rotatable bonds is 5. The third kappa shape index (κ3) is 6.06. The predicted molar refractivity (Wildman–Crippen MR) is 108 cm³/mol. The number of methoxy groups -OCH3 is 1. The highest BCUT2D eigenvalue weighted by molar-refractivity contribution is 7.99. The van der Waals surface area contributed by atoms with Gasteiger partial charge in [0.15, 0.2) is 0 Å². The van der Waals surface area contributed by atoms with E-state index in [2.05, 4.69) is 0 Å². The number of carbonyl (C=O) groups excluding carboxylic acids is 2. The van der Waals surface area contributed by atoms with Gasteiger partial charge in [0.2, 0.25) is 5.91 Å². The number of nitrogens with zero attached hydrogens (tertiary/aromatic N) is 2. The van der Waals surface area contributed by atoms with Crippen LogP contribution in [0.5, 0.6) is 5.75 Å². The quantitative estimate of drug-likeness (QED) is 0.766. The second-order valence-electron chi connectivity index (χ2n) is 7.90. The largest absolute Gasteiger partial charge is 0.497 e. The van der Waals surface area contributed by atoms with E-state index in [1.165, 1.54) is 5.56 Å². The smallest absolute Gasteiger partial charge is 0.411 e. The van der Waals surface area contributed by atoms with Gasteiger partial charge in [-0.3, -0.25) is 9.69 Å². The fraction of sp³-hybridized carbons (Fsp3) is 0.600. The zero-order valence-electron chi connectivity index (χ0n) is 17.0.